The normalized spacial score (nSPS) is 17.6. The molecule has 0 saturated carbocycles. The first kappa shape index (κ1) is 28.9. The molecule has 43 heavy (non-hydrogen) atoms. The number of aromatic nitrogens is 6. The molecule has 0 unspecified atom stereocenters. The van der Waals surface area contributed by atoms with Crippen LogP contribution in [0.5, 0.6) is 0 Å². The Labute approximate surface area is 252 Å². The van der Waals surface area contributed by atoms with Crippen LogP contribution in [0.15, 0.2) is 35.4 Å². The van der Waals surface area contributed by atoms with Gasteiger partial charge in [0, 0.05) is 29.9 Å². The maximum absolute atomic E-state index is 16.6. The van der Waals surface area contributed by atoms with Crippen molar-refractivity contribution in [2.75, 3.05) is 12.8 Å². The lowest BCUT2D eigenvalue weighted by Gasteiger charge is -2.39. The van der Waals surface area contributed by atoms with E-state index in [9.17, 15) is 10.1 Å². The minimum Gasteiger partial charge on any atom is -0.444 e. The number of likely N-dealkylation sites (tertiary alicyclic amines) is 1. The van der Waals surface area contributed by atoms with Gasteiger partial charge in [-0.25, -0.2) is 18.9 Å². The number of nitrogens with zero attached hydrogens (tertiary/aromatic N) is 8. The van der Waals surface area contributed by atoms with E-state index >= 15 is 4.39 Å². The number of carbonyl (C=O) groups is 1. The van der Waals surface area contributed by atoms with Crippen molar-refractivity contribution in [2.24, 2.45) is 7.05 Å². The maximum Gasteiger partial charge on any atom is 0.410 e. The summed E-state index contributed by atoms with van der Waals surface area (Å²) in [5.74, 6) is -0.439. The van der Waals surface area contributed by atoms with Crippen LogP contribution in [0, 0.1) is 24.1 Å². The van der Waals surface area contributed by atoms with Gasteiger partial charge in [-0.05, 0) is 64.5 Å². The number of fused-ring (bicyclic) bond motifs is 4. The van der Waals surface area contributed by atoms with Crippen LogP contribution in [0.3, 0.4) is 0 Å². The van der Waals surface area contributed by atoms with Crippen LogP contribution in [0.2, 0.25) is 0 Å². The molecule has 1 aliphatic rings. The zero-order valence-corrected chi connectivity index (χ0v) is 25.9. The van der Waals surface area contributed by atoms with Crippen molar-refractivity contribution in [1.82, 2.24) is 34.7 Å². The molecule has 0 aliphatic carbocycles. The van der Waals surface area contributed by atoms with Crippen LogP contribution >= 0.6 is 11.8 Å². The first-order valence-corrected chi connectivity index (χ1v) is 15.4. The molecule has 0 spiro atoms. The van der Waals surface area contributed by atoms with Crippen LogP contribution in [-0.2, 0) is 11.8 Å². The third-order valence-corrected chi connectivity index (χ3v) is 8.65. The highest BCUT2D eigenvalue weighted by atomic mass is 32.2. The zero-order chi connectivity index (χ0) is 30.6. The van der Waals surface area contributed by atoms with Crippen molar-refractivity contribution in [3.63, 3.8) is 0 Å². The lowest BCUT2D eigenvalue weighted by molar-refractivity contribution is 0.00557. The molecule has 1 saturated heterocycles. The van der Waals surface area contributed by atoms with Crippen molar-refractivity contribution >= 4 is 50.7 Å². The average Bonchev–Trinajstić information content (AvgIpc) is 3.54. The third-order valence-electron chi connectivity index (χ3n) is 7.98. The molecule has 10 nitrogen and oxygen atoms in total. The number of carbonyl (C=O) groups excluding carboxylic acids is 1. The number of hydrogen-bond donors (Lipinski definition) is 0. The fourth-order valence-corrected chi connectivity index (χ4v) is 6.61. The van der Waals surface area contributed by atoms with Crippen LogP contribution in [0.25, 0.3) is 44.1 Å². The summed E-state index contributed by atoms with van der Waals surface area (Å²) < 4.78 is 25.9. The largest absolute Gasteiger partial charge is 0.444 e. The van der Waals surface area contributed by atoms with Gasteiger partial charge in [0.15, 0.2) is 5.82 Å². The van der Waals surface area contributed by atoms with Crippen molar-refractivity contribution in [2.45, 2.75) is 69.7 Å². The summed E-state index contributed by atoms with van der Waals surface area (Å²) in [4.78, 5) is 19.3. The minimum atomic E-state index is -0.643. The van der Waals surface area contributed by atoms with Crippen LogP contribution < -0.4 is 0 Å². The predicted molar refractivity (Wildman–Crippen MR) is 164 cm³/mol. The number of piperidine rings is 1. The summed E-state index contributed by atoms with van der Waals surface area (Å²) >= 11 is 1.39. The van der Waals surface area contributed by atoms with Gasteiger partial charge in [-0.1, -0.05) is 23.4 Å². The standard InChI is InChI=1S/C31H33FN8O2S/c1-17-15-21-26(24(32)23(17)25-20-9-7-8-10-22(20)38(5)36-25)34-29(43-6)27-28(21)40(37-35-27)19-12-14-39(18(16-19)11-13-33)30(41)42-31(2,3)4/h7-10,15,18-19H,11-12,14,16H2,1-6H3/t18-,19+/m1/s1. The van der Waals surface area contributed by atoms with E-state index in [1.54, 1.807) is 9.58 Å². The van der Waals surface area contributed by atoms with Gasteiger partial charge in [0.05, 0.1) is 30.1 Å². The number of para-hydroxylation sites is 1. The van der Waals surface area contributed by atoms with E-state index in [1.807, 2.05) is 76.0 Å². The predicted octanol–water partition coefficient (Wildman–Crippen LogP) is 6.56. The van der Waals surface area contributed by atoms with E-state index in [-0.39, 0.29) is 24.0 Å². The number of benzene rings is 2. The Balaban J connectivity index is 1.48. The Morgan fingerprint density at radius 3 is 2.72 bits per heavy atom. The molecule has 0 radical (unpaired) electrons. The zero-order valence-electron chi connectivity index (χ0n) is 25.1. The highest BCUT2D eigenvalue weighted by molar-refractivity contribution is 7.98. The Morgan fingerprint density at radius 2 is 2.00 bits per heavy atom. The van der Waals surface area contributed by atoms with Gasteiger partial charge in [-0.3, -0.25) is 4.68 Å². The van der Waals surface area contributed by atoms with E-state index in [4.69, 9.17) is 9.72 Å². The number of halogens is 1. The van der Waals surface area contributed by atoms with Gasteiger partial charge in [-0.15, -0.1) is 16.9 Å². The Morgan fingerprint density at radius 1 is 1.23 bits per heavy atom. The molecule has 1 amide bonds. The summed E-state index contributed by atoms with van der Waals surface area (Å²) in [5, 5.41) is 25.4. The first-order valence-electron chi connectivity index (χ1n) is 14.2. The lowest BCUT2D eigenvalue weighted by Crippen LogP contribution is -2.48. The number of ether oxygens (including phenoxy) is 1. The summed E-state index contributed by atoms with van der Waals surface area (Å²) in [5.41, 5.74) is 3.51. The number of aryl methyl sites for hydroxylation is 2. The molecule has 2 atom stereocenters. The summed E-state index contributed by atoms with van der Waals surface area (Å²) in [6.07, 6.45) is 2.69. The van der Waals surface area contributed by atoms with Gasteiger partial charge in [-0.2, -0.15) is 10.4 Å². The van der Waals surface area contributed by atoms with E-state index in [1.165, 1.54) is 11.8 Å². The van der Waals surface area contributed by atoms with Gasteiger partial charge < -0.3 is 9.64 Å². The average molecular weight is 601 g/mol. The topological polar surface area (TPSA) is 115 Å². The van der Waals surface area contributed by atoms with E-state index in [2.05, 4.69) is 21.5 Å². The monoisotopic (exact) mass is 600 g/mol. The number of pyridine rings is 1. The Hall–Kier alpha value is -4.24. The second-order valence-corrected chi connectivity index (χ2v) is 12.8. The summed E-state index contributed by atoms with van der Waals surface area (Å²) in [7, 11) is 1.85. The van der Waals surface area contributed by atoms with Crippen molar-refractivity contribution in [1.29, 1.82) is 5.26 Å². The molecule has 5 aromatic rings. The summed E-state index contributed by atoms with van der Waals surface area (Å²) in [6, 6.07) is 11.4. The van der Waals surface area contributed by atoms with Crippen molar-refractivity contribution < 1.29 is 13.9 Å². The van der Waals surface area contributed by atoms with Gasteiger partial charge in [0.1, 0.15) is 32.9 Å². The number of thioether (sulfide) groups is 1. The van der Waals surface area contributed by atoms with Crippen LogP contribution in [-0.4, -0.2) is 65.2 Å². The van der Waals surface area contributed by atoms with Crippen molar-refractivity contribution in [3.8, 4) is 17.3 Å². The van der Waals surface area contributed by atoms with Crippen molar-refractivity contribution in [3.05, 3.63) is 41.7 Å². The molecule has 1 aliphatic heterocycles. The minimum absolute atomic E-state index is 0.162. The quantitative estimate of drug-likeness (QED) is 0.213. The maximum atomic E-state index is 16.6. The fraction of sp³-hybridized carbons (Fsp3) is 0.419. The van der Waals surface area contributed by atoms with Gasteiger partial charge in [0.2, 0.25) is 0 Å². The second kappa shape index (κ2) is 10.8. The second-order valence-electron chi connectivity index (χ2n) is 12.0. The molecular formula is C31H33FN8O2S. The number of nitriles is 1. The molecule has 12 heteroatoms. The first-order chi connectivity index (χ1) is 20.5. The van der Waals surface area contributed by atoms with E-state index in [0.29, 0.717) is 52.1 Å². The molecule has 2 aromatic carbocycles. The SMILES string of the molecule is CSc1nc2c(F)c(-c3nn(C)c4ccccc34)c(C)cc2c2c1nnn2[C@H]1CCN(C(=O)OC(C)(C)C)[C@H](CC#N)C1. The highest BCUT2D eigenvalue weighted by Gasteiger charge is 2.36. The number of amides is 1. The fourth-order valence-electron chi connectivity index (χ4n) is 6.10. The molecule has 4 heterocycles. The van der Waals surface area contributed by atoms with E-state index in [0.717, 1.165) is 16.5 Å². The molecule has 0 bridgehead atoms. The number of hydrogen-bond acceptors (Lipinski definition) is 8. The summed E-state index contributed by atoms with van der Waals surface area (Å²) in [6.45, 7) is 7.75. The third kappa shape index (κ3) is 4.95. The van der Waals surface area contributed by atoms with Gasteiger partial charge >= 0.3 is 6.09 Å². The Kier molecular flexibility index (Phi) is 7.24. The molecule has 1 fully saturated rings. The molecular weight excluding hydrogens is 567 g/mol. The molecule has 3 aromatic heterocycles. The lowest BCUT2D eigenvalue weighted by atomic mass is 9.95. The molecule has 6 rings (SSSR count). The van der Waals surface area contributed by atoms with Crippen LogP contribution in [0.1, 0.15) is 51.6 Å². The highest BCUT2D eigenvalue weighted by Crippen LogP contribution is 2.40. The smallest absolute Gasteiger partial charge is 0.410 e. The van der Waals surface area contributed by atoms with E-state index < -0.39 is 17.5 Å². The van der Waals surface area contributed by atoms with Gasteiger partial charge in [0.25, 0.3) is 0 Å². The molecule has 222 valence electrons. The number of rotatable bonds is 4. The molecule has 0 N–H and O–H groups in total. The Bertz CT molecular complexity index is 1940. The van der Waals surface area contributed by atoms with Crippen LogP contribution in [0.4, 0.5) is 9.18 Å².